The van der Waals surface area contributed by atoms with Crippen LogP contribution in [0.3, 0.4) is 0 Å². The molecule has 2 fully saturated rings. The van der Waals surface area contributed by atoms with Gasteiger partial charge in [-0.25, -0.2) is 10.3 Å². The van der Waals surface area contributed by atoms with E-state index in [-0.39, 0.29) is 29.5 Å². The van der Waals surface area contributed by atoms with Crippen molar-refractivity contribution < 1.29 is 23.9 Å². The Labute approximate surface area is 236 Å². The van der Waals surface area contributed by atoms with Crippen LogP contribution in [0, 0.1) is 23.2 Å². The summed E-state index contributed by atoms with van der Waals surface area (Å²) >= 11 is 0. The Balaban J connectivity index is 1.37. The Morgan fingerprint density at radius 2 is 1.61 bits per heavy atom. The molecule has 0 unspecified atom stereocenters. The Morgan fingerprint density at radius 3 is 2.27 bits per heavy atom. The zero-order valence-electron chi connectivity index (χ0n) is 22.2. The third-order valence-electron chi connectivity index (χ3n) is 8.79. The second kappa shape index (κ2) is 9.20. The zero-order valence-corrected chi connectivity index (χ0v) is 22.2. The van der Waals surface area contributed by atoms with Gasteiger partial charge in [0.25, 0.3) is 0 Å². The van der Waals surface area contributed by atoms with Gasteiger partial charge in [-0.05, 0) is 41.3 Å². The Bertz CT molecular complexity index is 1640. The van der Waals surface area contributed by atoms with E-state index in [1.807, 2.05) is 48.5 Å². The summed E-state index contributed by atoms with van der Waals surface area (Å²) < 4.78 is 11.1. The van der Waals surface area contributed by atoms with Crippen LogP contribution in [0.15, 0.2) is 77.9 Å². The third-order valence-corrected chi connectivity index (χ3v) is 8.79. The molecule has 3 amide bonds. The van der Waals surface area contributed by atoms with Crippen molar-refractivity contribution in [3.8, 4) is 6.07 Å². The fraction of sp³-hybridized carbons (Fsp3) is 0.281. The van der Waals surface area contributed by atoms with Gasteiger partial charge in [-0.15, -0.1) is 0 Å². The number of amides is 3. The van der Waals surface area contributed by atoms with E-state index >= 15 is 0 Å². The van der Waals surface area contributed by atoms with E-state index in [9.17, 15) is 19.6 Å². The minimum absolute atomic E-state index is 0.0468. The summed E-state index contributed by atoms with van der Waals surface area (Å²) in [5.41, 5.74) is 5.63. The molecule has 9 heteroatoms. The molecule has 0 radical (unpaired) electrons. The maximum atomic E-state index is 14.4. The summed E-state index contributed by atoms with van der Waals surface area (Å²) in [7, 11) is 0. The predicted molar refractivity (Wildman–Crippen MR) is 148 cm³/mol. The second-order valence-electron chi connectivity index (χ2n) is 11.0. The van der Waals surface area contributed by atoms with Crippen LogP contribution in [0.25, 0.3) is 0 Å². The number of nitrogens with one attached hydrogen (secondary N) is 1. The van der Waals surface area contributed by atoms with Crippen LogP contribution in [0.5, 0.6) is 0 Å². The normalized spacial score (nSPS) is 26.9. The number of anilines is 1. The standard InChI is InChI=1S/C32H26N4O5/c1-31(40-14-15-41-31)16-25(37)35-34-18-32-22-11-5-3-9-20(22)26(21-10-4-6-12-23(21)32)27-28(32)30(39)36(29(27)38)24-13-7-2-8-19(24)17-33/h2-13,18,26-28H,14-16H2,1H3,(H,35,37)/b34-18-/t26?,27-,28-,32?/m0/s1. The van der Waals surface area contributed by atoms with E-state index in [0.29, 0.717) is 13.2 Å². The molecule has 3 aromatic rings. The monoisotopic (exact) mass is 546 g/mol. The number of hydrogen-bond acceptors (Lipinski definition) is 7. The topological polar surface area (TPSA) is 121 Å². The molecule has 2 heterocycles. The molecule has 2 bridgehead atoms. The lowest BCUT2D eigenvalue weighted by atomic mass is 9.47. The maximum absolute atomic E-state index is 14.4. The molecule has 2 atom stereocenters. The molecule has 0 spiro atoms. The van der Waals surface area contributed by atoms with Gasteiger partial charge in [0.2, 0.25) is 17.7 Å². The molecule has 41 heavy (non-hydrogen) atoms. The minimum atomic E-state index is -1.13. The molecule has 2 aliphatic heterocycles. The van der Waals surface area contributed by atoms with Gasteiger partial charge in [0, 0.05) is 12.1 Å². The number of carbonyl (C=O) groups is 3. The van der Waals surface area contributed by atoms with Gasteiger partial charge in [0.05, 0.1) is 48.1 Å². The van der Waals surface area contributed by atoms with Gasteiger partial charge in [-0.2, -0.15) is 10.4 Å². The first-order valence-electron chi connectivity index (χ1n) is 13.6. The van der Waals surface area contributed by atoms with Crippen molar-refractivity contribution in [3.63, 3.8) is 0 Å². The van der Waals surface area contributed by atoms with Crippen molar-refractivity contribution in [1.82, 2.24) is 5.43 Å². The van der Waals surface area contributed by atoms with Gasteiger partial charge in [-0.1, -0.05) is 60.7 Å². The average Bonchev–Trinajstić information content (AvgIpc) is 3.53. The van der Waals surface area contributed by atoms with Crippen molar-refractivity contribution >= 4 is 29.6 Å². The molecule has 5 aliphatic rings. The highest BCUT2D eigenvalue weighted by atomic mass is 16.7. The lowest BCUT2D eigenvalue weighted by Crippen LogP contribution is -2.54. The van der Waals surface area contributed by atoms with Gasteiger partial charge < -0.3 is 9.47 Å². The van der Waals surface area contributed by atoms with Crippen LogP contribution in [0.2, 0.25) is 0 Å². The zero-order chi connectivity index (χ0) is 28.4. The summed E-state index contributed by atoms with van der Waals surface area (Å²) in [6.45, 7) is 2.53. The van der Waals surface area contributed by atoms with E-state index in [0.717, 1.165) is 22.3 Å². The molecule has 204 valence electrons. The number of benzene rings is 3. The highest BCUT2D eigenvalue weighted by Crippen LogP contribution is 2.63. The number of carbonyl (C=O) groups excluding carboxylic acids is 3. The second-order valence-corrected chi connectivity index (χ2v) is 11.0. The van der Waals surface area contributed by atoms with Crippen LogP contribution in [0.1, 0.15) is 47.1 Å². The average molecular weight is 547 g/mol. The Kier molecular flexibility index (Phi) is 5.68. The number of nitriles is 1. The number of imide groups is 1. The highest BCUT2D eigenvalue weighted by molar-refractivity contribution is 6.25. The first-order chi connectivity index (χ1) is 19.9. The summed E-state index contributed by atoms with van der Waals surface area (Å²) in [6.07, 6.45) is 1.56. The van der Waals surface area contributed by atoms with E-state index < -0.39 is 34.9 Å². The Hall–Kier alpha value is -4.65. The van der Waals surface area contributed by atoms with E-state index in [4.69, 9.17) is 9.47 Å². The van der Waals surface area contributed by atoms with Gasteiger partial charge in [0.15, 0.2) is 5.79 Å². The molecular weight excluding hydrogens is 520 g/mol. The van der Waals surface area contributed by atoms with Crippen LogP contribution < -0.4 is 10.3 Å². The molecular formula is C32H26N4O5. The van der Waals surface area contributed by atoms with Gasteiger partial charge in [-0.3, -0.25) is 14.4 Å². The van der Waals surface area contributed by atoms with E-state index in [2.05, 4.69) is 16.6 Å². The van der Waals surface area contributed by atoms with Crippen LogP contribution in [0.4, 0.5) is 5.69 Å². The third kappa shape index (κ3) is 3.54. The van der Waals surface area contributed by atoms with Crippen LogP contribution in [-0.4, -0.2) is 42.9 Å². The highest BCUT2D eigenvalue weighted by Gasteiger charge is 2.68. The van der Waals surface area contributed by atoms with Gasteiger partial charge in [0.1, 0.15) is 6.07 Å². The van der Waals surface area contributed by atoms with Gasteiger partial charge >= 0.3 is 0 Å². The summed E-state index contributed by atoms with van der Waals surface area (Å²) in [4.78, 5) is 42.7. The molecule has 8 rings (SSSR count). The molecule has 3 aliphatic carbocycles. The summed E-state index contributed by atoms with van der Waals surface area (Å²) in [5, 5.41) is 14.2. The van der Waals surface area contributed by atoms with Crippen LogP contribution in [-0.2, 0) is 29.3 Å². The van der Waals surface area contributed by atoms with Crippen LogP contribution >= 0.6 is 0 Å². The largest absolute Gasteiger partial charge is 0.347 e. The molecule has 1 N–H and O–H groups in total. The van der Waals surface area contributed by atoms with Crippen molar-refractivity contribution in [3.05, 3.63) is 101 Å². The lowest BCUT2D eigenvalue weighted by Gasteiger charge is -2.52. The minimum Gasteiger partial charge on any atom is -0.347 e. The SMILES string of the molecule is CC1(CC(=O)N/N=C\C23c4ccccc4C(c4ccccc42)[C@@H]2C(=O)N(c4ccccc4C#N)C(=O)[C@H]23)OCCO1. The number of ether oxygens (including phenoxy) is 2. The maximum Gasteiger partial charge on any atom is 0.245 e. The Morgan fingerprint density at radius 1 is 1.00 bits per heavy atom. The number of rotatable bonds is 5. The number of hydrogen-bond donors (Lipinski definition) is 1. The van der Waals surface area contributed by atoms with E-state index in [1.54, 1.807) is 37.4 Å². The number of para-hydroxylation sites is 1. The van der Waals surface area contributed by atoms with Crippen molar-refractivity contribution in [2.75, 3.05) is 18.1 Å². The molecule has 0 aromatic heterocycles. The molecule has 2 saturated heterocycles. The van der Waals surface area contributed by atoms with Crippen molar-refractivity contribution in [1.29, 1.82) is 5.26 Å². The quantitative estimate of drug-likeness (QED) is 0.298. The smallest absolute Gasteiger partial charge is 0.245 e. The fourth-order valence-corrected chi connectivity index (χ4v) is 7.25. The molecule has 3 aromatic carbocycles. The fourth-order valence-electron chi connectivity index (χ4n) is 7.25. The summed E-state index contributed by atoms with van der Waals surface area (Å²) in [5.74, 6) is -4.03. The molecule has 0 saturated carbocycles. The predicted octanol–water partition coefficient (Wildman–Crippen LogP) is 3.36. The van der Waals surface area contributed by atoms with Crippen molar-refractivity contribution in [2.45, 2.75) is 30.5 Å². The van der Waals surface area contributed by atoms with E-state index in [1.165, 1.54) is 4.90 Å². The number of nitrogens with zero attached hydrogens (tertiary/aromatic N) is 3. The molecule has 9 nitrogen and oxygen atoms in total. The summed E-state index contributed by atoms with van der Waals surface area (Å²) in [6, 6.07) is 24.3. The first-order valence-corrected chi connectivity index (χ1v) is 13.6. The number of hydrazone groups is 1. The first kappa shape index (κ1) is 25.3. The van der Waals surface area contributed by atoms with Crippen molar-refractivity contribution in [2.24, 2.45) is 16.9 Å². The lowest BCUT2D eigenvalue weighted by molar-refractivity contribution is -0.159.